The number of benzene rings is 1. The number of H-pyrrole nitrogens is 1. The van der Waals surface area contributed by atoms with E-state index in [1.54, 1.807) is 0 Å². The van der Waals surface area contributed by atoms with Crippen LogP contribution in [0.4, 0.5) is 5.69 Å². The summed E-state index contributed by atoms with van der Waals surface area (Å²) in [4.78, 5) is 10.6. The van der Waals surface area contributed by atoms with E-state index in [-0.39, 0.29) is 16.1 Å². The Morgan fingerprint density at radius 3 is 2.78 bits per heavy atom. The topological polar surface area (TPSA) is 112 Å². The van der Waals surface area contributed by atoms with Crippen molar-refractivity contribution in [2.75, 3.05) is 4.72 Å². The van der Waals surface area contributed by atoms with E-state index in [0.29, 0.717) is 0 Å². The van der Waals surface area contributed by atoms with Crippen molar-refractivity contribution in [3.8, 4) is 0 Å². The first kappa shape index (κ1) is 12.1. The van der Waals surface area contributed by atoms with E-state index in [2.05, 4.69) is 14.9 Å². The Bertz CT molecular complexity index is 664. The lowest BCUT2D eigenvalue weighted by atomic mass is 10.2. The lowest BCUT2D eigenvalue weighted by Gasteiger charge is -2.06. The summed E-state index contributed by atoms with van der Waals surface area (Å²) in [5, 5.41) is 14.9. The van der Waals surface area contributed by atoms with Gasteiger partial charge in [0.2, 0.25) is 0 Å². The molecule has 0 unspecified atom stereocenters. The Kier molecular flexibility index (Phi) is 3.02. The third-order valence-corrected chi connectivity index (χ3v) is 3.52. The molecule has 0 spiro atoms. The fourth-order valence-electron chi connectivity index (χ4n) is 1.32. The van der Waals surface area contributed by atoms with Gasteiger partial charge in [-0.1, -0.05) is 6.07 Å². The molecule has 2 aromatic rings. The molecule has 0 fully saturated rings. The Labute approximate surface area is 103 Å². The zero-order valence-corrected chi connectivity index (χ0v) is 9.81. The molecule has 8 heteroatoms. The molecule has 2 rings (SSSR count). The van der Waals surface area contributed by atoms with Crippen LogP contribution >= 0.6 is 0 Å². The number of carboxylic acids is 1. The van der Waals surface area contributed by atoms with Gasteiger partial charge < -0.3 is 5.11 Å². The smallest absolute Gasteiger partial charge is 0.335 e. The summed E-state index contributed by atoms with van der Waals surface area (Å²) in [5.41, 5.74) is 0.181. The number of aromatic nitrogens is 2. The average molecular weight is 267 g/mol. The van der Waals surface area contributed by atoms with E-state index >= 15 is 0 Å². The highest BCUT2D eigenvalue weighted by Crippen LogP contribution is 2.15. The quantitative estimate of drug-likeness (QED) is 0.762. The van der Waals surface area contributed by atoms with Crippen LogP contribution in [0.2, 0.25) is 0 Å². The molecule has 0 aliphatic heterocycles. The monoisotopic (exact) mass is 267 g/mol. The molecular weight excluding hydrogens is 258 g/mol. The van der Waals surface area contributed by atoms with Crippen molar-refractivity contribution in [1.82, 2.24) is 10.2 Å². The first-order chi connectivity index (χ1) is 8.49. The molecule has 3 N–H and O–H groups in total. The van der Waals surface area contributed by atoms with Crippen molar-refractivity contribution in [2.24, 2.45) is 0 Å². The molecule has 0 aliphatic carbocycles. The number of anilines is 1. The fourth-order valence-corrected chi connectivity index (χ4v) is 2.40. The highest BCUT2D eigenvalue weighted by molar-refractivity contribution is 7.92. The first-order valence-electron chi connectivity index (χ1n) is 4.84. The second-order valence-corrected chi connectivity index (χ2v) is 5.11. The van der Waals surface area contributed by atoms with E-state index in [1.807, 2.05) is 0 Å². The van der Waals surface area contributed by atoms with Crippen molar-refractivity contribution < 1.29 is 18.3 Å². The summed E-state index contributed by atoms with van der Waals surface area (Å²) >= 11 is 0. The summed E-state index contributed by atoms with van der Waals surface area (Å²) in [7, 11) is -3.81. The standard InChI is InChI=1S/C10H9N3O4S/c14-10(15)7-2-1-3-9(4-7)18(16,17)13-8-5-11-12-6-8/h1-6,13H,(H,11,12)(H,14,15). The van der Waals surface area contributed by atoms with Crippen molar-refractivity contribution >= 4 is 21.7 Å². The van der Waals surface area contributed by atoms with Gasteiger partial charge in [0.15, 0.2) is 0 Å². The second kappa shape index (κ2) is 4.49. The zero-order chi connectivity index (χ0) is 13.2. The molecule has 0 atom stereocenters. The number of carbonyl (C=O) groups is 1. The van der Waals surface area contributed by atoms with Gasteiger partial charge in [-0.15, -0.1) is 0 Å². The third kappa shape index (κ3) is 2.48. The van der Waals surface area contributed by atoms with E-state index in [4.69, 9.17) is 5.11 Å². The van der Waals surface area contributed by atoms with E-state index < -0.39 is 16.0 Å². The molecule has 0 bridgehead atoms. The Balaban J connectivity index is 2.35. The van der Waals surface area contributed by atoms with Gasteiger partial charge in [0.25, 0.3) is 10.0 Å². The Morgan fingerprint density at radius 1 is 1.39 bits per heavy atom. The van der Waals surface area contributed by atoms with Gasteiger partial charge in [0, 0.05) is 6.20 Å². The van der Waals surface area contributed by atoms with Gasteiger partial charge in [0.05, 0.1) is 22.3 Å². The molecule has 0 radical (unpaired) electrons. The van der Waals surface area contributed by atoms with Crippen LogP contribution in [-0.2, 0) is 10.0 Å². The molecule has 1 aromatic heterocycles. The molecular formula is C10H9N3O4S. The van der Waals surface area contributed by atoms with Gasteiger partial charge >= 0.3 is 5.97 Å². The predicted molar refractivity (Wildman–Crippen MR) is 62.8 cm³/mol. The van der Waals surface area contributed by atoms with Crippen LogP contribution in [0.25, 0.3) is 0 Å². The zero-order valence-electron chi connectivity index (χ0n) is 8.99. The van der Waals surface area contributed by atoms with E-state index in [0.717, 1.165) is 6.07 Å². The van der Waals surface area contributed by atoms with Crippen LogP contribution in [0, 0.1) is 0 Å². The summed E-state index contributed by atoms with van der Waals surface area (Å²) in [6, 6.07) is 5.09. The second-order valence-electron chi connectivity index (χ2n) is 3.43. The minimum absolute atomic E-state index is 0.0925. The first-order valence-corrected chi connectivity index (χ1v) is 6.32. The number of nitrogens with one attached hydrogen (secondary N) is 2. The highest BCUT2D eigenvalue weighted by atomic mass is 32.2. The molecule has 1 heterocycles. The Hall–Kier alpha value is -2.35. The van der Waals surface area contributed by atoms with Gasteiger partial charge in [-0.25, -0.2) is 13.2 Å². The SMILES string of the molecule is O=C(O)c1cccc(S(=O)(=O)Nc2cn[nH]c2)c1. The minimum atomic E-state index is -3.81. The van der Waals surface area contributed by atoms with Crippen molar-refractivity contribution in [3.63, 3.8) is 0 Å². The van der Waals surface area contributed by atoms with Gasteiger partial charge in [0.1, 0.15) is 0 Å². The van der Waals surface area contributed by atoms with E-state index in [9.17, 15) is 13.2 Å². The Morgan fingerprint density at radius 2 is 2.17 bits per heavy atom. The average Bonchev–Trinajstić information content (AvgIpc) is 2.81. The molecule has 0 saturated heterocycles. The maximum absolute atomic E-state index is 11.9. The fraction of sp³-hybridized carbons (Fsp3) is 0. The summed E-state index contributed by atoms with van der Waals surface area (Å²) in [6.45, 7) is 0. The molecule has 0 saturated carbocycles. The third-order valence-electron chi connectivity index (χ3n) is 2.14. The van der Waals surface area contributed by atoms with Crippen LogP contribution in [0.15, 0.2) is 41.6 Å². The normalized spacial score (nSPS) is 11.1. The number of aromatic carboxylic acids is 1. The number of nitrogens with zero attached hydrogens (tertiary/aromatic N) is 1. The van der Waals surface area contributed by atoms with Crippen LogP contribution < -0.4 is 4.72 Å². The van der Waals surface area contributed by atoms with Gasteiger partial charge in [-0.3, -0.25) is 9.82 Å². The van der Waals surface area contributed by atoms with Crippen molar-refractivity contribution in [2.45, 2.75) is 4.90 Å². The van der Waals surface area contributed by atoms with Crippen molar-refractivity contribution in [3.05, 3.63) is 42.2 Å². The molecule has 1 aromatic carbocycles. The number of hydrogen-bond donors (Lipinski definition) is 3. The lowest BCUT2D eigenvalue weighted by molar-refractivity contribution is 0.0696. The van der Waals surface area contributed by atoms with E-state index in [1.165, 1.54) is 30.6 Å². The number of sulfonamides is 1. The van der Waals surface area contributed by atoms with Crippen LogP contribution in [-0.4, -0.2) is 29.7 Å². The molecule has 0 amide bonds. The summed E-state index contributed by atoms with van der Waals surface area (Å²) in [5.74, 6) is -1.18. The van der Waals surface area contributed by atoms with Crippen LogP contribution in [0.5, 0.6) is 0 Å². The number of hydrogen-bond acceptors (Lipinski definition) is 4. The van der Waals surface area contributed by atoms with Crippen molar-refractivity contribution in [1.29, 1.82) is 0 Å². The number of carboxylic acid groups (broad SMARTS) is 1. The molecule has 0 aliphatic rings. The largest absolute Gasteiger partial charge is 0.478 e. The molecule has 94 valence electrons. The molecule has 18 heavy (non-hydrogen) atoms. The predicted octanol–water partition coefficient (Wildman–Crippen LogP) is 0.909. The molecule has 7 nitrogen and oxygen atoms in total. The number of rotatable bonds is 4. The van der Waals surface area contributed by atoms with Gasteiger partial charge in [-0.05, 0) is 18.2 Å². The highest BCUT2D eigenvalue weighted by Gasteiger charge is 2.16. The van der Waals surface area contributed by atoms with Gasteiger partial charge in [-0.2, -0.15) is 5.10 Å². The number of aromatic amines is 1. The lowest BCUT2D eigenvalue weighted by Crippen LogP contribution is -2.13. The van der Waals surface area contributed by atoms with Crippen LogP contribution in [0.1, 0.15) is 10.4 Å². The summed E-state index contributed by atoms with van der Waals surface area (Å²) in [6.07, 6.45) is 2.68. The van der Waals surface area contributed by atoms with Crippen LogP contribution in [0.3, 0.4) is 0 Å². The maximum atomic E-state index is 11.9. The summed E-state index contributed by atoms with van der Waals surface area (Å²) < 4.78 is 26.1. The minimum Gasteiger partial charge on any atom is -0.478 e. The maximum Gasteiger partial charge on any atom is 0.335 e.